The van der Waals surface area contributed by atoms with Gasteiger partial charge in [0, 0.05) is 19.3 Å². The van der Waals surface area contributed by atoms with Crippen LogP contribution in [-0.4, -0.2) is 17.1 Å². The minimum absolute atomic E-state index is 0.564. The monoisotopic (exact) mass is 326 g/mol. The van der Waals surface area contributed by atoms with Crippen LogP contribution in [-0.2, 0) is 6.54 Å². The zero-order valence-corrected chi connectivity index (χ0v) is 15.5. The van der Waals surface area contributed by atoms with Crippen LogP contribution < -0.4 is 5.32 Å². The molecule has 2 aromatic carbocycles. The molecule has 0 amide bonds. The van der Waals surface area contributed by atoms with Crippen LogP contribution in [0.15, 0.2) is 42.5 Å². The second-order valence-electron chi connectivity index (χ2n) is 6.50. The lowest BCUT2D eigenvalue weighted by molar-refractivity contribution is 0.508. The fourth-order valence-corrected chi connectivity index (χ4v) is 2.61. The maximum Gasteiger partial charge on any atom is 0.173 e. The number of rotatable bonds is 4. The van der Waals surface area contributed by atoms with E-state index in [-0.39, 0.29) is 0 Å². The highest BCUT2D eigenvalue weighted by molar-refractivity contribution is 7.80. The lowest BCUT2D eigenvalue weighted by Crippen LogP contribution is -2.30. The Bertz CT molecular complexity index is 675. The third-order valence-corrected chi connectivity index (χ3v) is 4.46. The van der Waals surface area contributed by atoms with Gasteiger partial charge in [-0.1, -0.05) is 50.2 Å². The summed E-state index contributed by atoms with van der Waals surface area (Å²) < 4.78 is 0. The van der Waals surface area contributed by atoms with E-state index in [1.54, 1.807) is 0 Å². The second kappa shape index (κ2) is 7.60. The van der Waals surface area contributed by atoms with E-state index in [9.17, 15) is 0 Å². The summed E-state index contributed by atoms with van der Waals surface area (Å²) in [5, 5.41) is 4.10. The van der Waals surface area contributed by atoms with Crippen LogP contribution in [0.1, 0.15) is 42.0 Å². The normalized spacial score (nSPS) is 10.7. The molecule has 0 aromatic heterocycles. The van der Waals surface area contributed by atoms with Crippen LogP contribution >= 0.6 is 12.2 Å². The van der Waals surface area contributed by atoms with Crippen molar-refractivity contribution in [2.45, 2.75) is 40.2 Å². The van der Waals surface area contributed by atoms with Crippen molar-refractivity contribution < 1.29 is 0 Å². The predicted octanol–water partition coefficient (Wildman–Crippen LogP) is 5.26. The van der Waals surface area contributed by atoms with Gasteiger partial charge in [-0.15, -0.1) is 0 Å². The molecule has 0 bridgehead atoms. The first-order chi connectivity index (χ1) is 10.9. The minimum Gasteiger partial charge on any atom is -0.348 e. The number of hydrogen-bond donors (Lipinski definition) is 1. The summed E-state index contributed by atoms with van der Waals surface area (Å²) in [7, 11) is 2.02. The second-order valence-corrected chi connectivity index (χ2v) is 6.89. The molecule has 0 saturated carbocycles. The Labute approximate surface area is 145 Å². The molecule has 0 aliphatic carbocycles. The van der Waals surface area contributed by atoms with Gasteiger partial charge in [-0.25, -0.2) is 0 Å². The summed E-state index contributed by atoms with van der Waals surface area (Å²) in [6.07, 6.45) is 0. The van der Waals surface area contributed by atoms with Gasteiger partial charge in [-0.3, -0.25) is 0 Å². The van der Waals surface area contributed by atoms with Gasteiger partial charge in [0.05, 0.1) is 0 Å². The molecular weight excluding hydrogens is 300 g/mol. The van der Waals surface area contributed by atoms with E-state index in [4.69, 9.17) is 12.2 Å². The molecular formula is C20H26N2S. The van der Waals surface area contributed by atoms with Gasteiger partial charge in [-0.2, -0.15) is 0 Å². The SMILES string of the molecule is Cc1ccc(C)c(NC(=S)N(C)Cc2ccc(C(C)C)cc2)c1. The molecule has 0 aliphatic heterocycles. The molecule has 122 valence electrons. The third kappa shape index (κ3) is 4.80. The summed E-state index contributed by atoms with van der Waals surface area (Å²) >= 11 is 5.54. The molecule has 0 saturated heterocycles. The molecule has 0 fully saturated rings. The van der Waals surface area contributed by atoms with Crippen molar-refractivity contribution in [3.8, 4) is 0 Å². The molecule has 0 aliphatic rings. The lowest BCUT2D eigenvalue weighted by Gasteiger charge is -2.22. The molecule has 1 N–H and O–H groups in total. The minimum atomic E-state index is 0.564. The van der Waals surface area contributed by atoms with E-state index in [1.807, 2.05) is 7.05 Å². The number of hydrogen-bond acceptors (Lipinski definition) is 1. The third-order valence-electron chi connectivity index (χ3n) is 4.05. The van der Waals surface area contributed by atoms with E-state index in [2.05, 4.69) is 80.4 Å². The number of nitrogens with one attached hydrogen (secondary N) is 1. The van der Waals surface area contributed by atoms with Gasteiger partial charge < -0.3 is 10.2 Å². The van der Waals surface area contributed by atoms with Crippen LogP contribution in [0.4, 0.5) is 5.69 Å². The zero-order chi connectivity index (χ0) is 17.0. The highest BCUT2D eigenvalue weighted by Gasteiger charge is 2.08. The van der Waals surface area contributed by atoms with Crippen LogP contribution in [0.3, 0.4) is 0 Å². The van der Waals surface area contributed by atoms with Crippen molar-refractivity contribution in [3.63, 3.8) is 0 Å². The highest BCUT2D eigenvalue weighted by Crippen LogP contribution is 2.18. The van der Waals surface area contributed by atoms with Crippen molar-refractivity contribution in [1.29, 1.82) is 0 Å². The van der Waals surface area contributed by atoms with E-state index in [0.717, 1.165) is 17.3 Å². The van der Waals surface area contributed by atoms with Crippen LogP contribution in [0.2, 0.25) is 0 Å². The number of benzene rings is 2. The smallest absolute Gasteiger partial charge is 0.173 e. The van der Waals surface area contributed by atoms with E-state index < -0.39 is 0 Å². The number of aryl methyl sites for hydroxylation is 2. The molecule has 0 unspecified atom stereocenters. The molecule has 23 heavy (non-hydrogen) atoms. The van der Waals surface area contributed by atoms with Gasteiger partial charge in [0.15, 0.2) is 5.11 Å². The lowest BCUT2D eigenvalue weighted by atomic mass is 10.0. The summed E-state index contributed by atoms with van der Waals surface area (Å²) in [5.41, 5.74) is 6.15. The molecule has 2 nitrogen and oxygen atoms in total. The molecule has 0 atom stereocenters. The summed E-state index contributed by atoms with van der Waals surface area (Å²) in [6, 6.07) is 15.1. The molecule has 0 radical (unpaired) electrons. The van der Waals surface area contributed by atoms with Gasteiger partial charge >= 0.3 is 0 Å². The fraction of sp³-hybridized carbons (Fsp3) is 0.350. The van der Waals surface area contributed by atoms with E-state index >= 15 is 0 Å². The van der Waals surface area contributed by atoms with Gasteiger partial charge in [0.1, 0.15) is 0 Å². The van der Waals surface area contributed by atoms with E-state index in [0.29, 0.717) is 5.92 Å². The van der Waals surface area contributed by atoms with Gasteiger partial charge in [0.2, 0.25) is 0 Å². The van der Waals surface area contributed by atoms with Gasteiger partial charge in [-0.05, 0) is 60.3 Å². The molecule has 2 rings (SSSR count). The quantitative estimate of drug-likeness (QED) is 0.772. The Morgan fingerprint density at radius 2 is 1.74 bits per heavy atom. The molecule has 2 aromatic rings. The van der Waals surface area contributed by atoms with Crippen LogP contribution in [0, 0.1) is 13.8 Å². The van der Waals surface area contributed by atoms with Crippen molar-refractivity contribution in [2.24, 2.45) is 0 Å². The maximum absolute atomic E-state index is 5.54. The first-order valence-corrected chi connectivity index (χ1v) is 8.46. The Morgan fingerprint density at radius 3 is 2.35 bits per heavy atom. The number of thiocarbonyl (C=S) groups is 1. The number of nitrogens with zero attached hydrogens (tertiary/aromatic N) is 1. The molecule has 0 spiro atoms. The first-order valence-electron chi connectivity index (χ1n) is 8.05. The van der Waals surface area contributed by atoms with Crippen molar-refractivity contribution in [1.82, 2.24) is 4.90 Å². The van der Waals surface area contributed by atoms with E-state index in [1.165, 1.54) is 22.3 Å². The molecule has 3 heteroatoms. The standard InChI is InChI=1S/C20H26N2S/c1-14(2)18-10-8-17(9-11-18)13-22(5)20(23)21-19-12-15(3)6-7-16(19)4/h6-12,14H,13H2,1-5H3,(H,21,23). The number of anilines is 1. The maximum atomic E-state index is 5.54. The first kappa shape index (κ1) is 17.5. The Balaban J connectivity index is 2.01. The zero-order valence-electron chi connectivity index (χ0n) is 14.7. The van der Waals surface area contributed by atoms with Crippen molar-refractivity contribution >= 4 is 23.0 Å². The van der Waals surface area contributed by atoms with Crippen molar-refractivity contribution in [3.05, 3.63) is 64.7 Å². The van der Waals surface area contributed by atoms with Crippen LogP contribution in [0.5, 0.6) is 0 Å². The largest absolute Gasteiger partial charge is 0.348 e. The fourth-order valence-electron chi connectivity index (χ4n) is 2.43. The summed E-state index contributed by atoms with van der Waals surface area (Å²) in [4.78, 5) is 2.07. The average Bonchev–Trinajstić information content (AvgIpc) is 2.51. The molecule has 0 heterocycles. The summed E-state index contributed by atoms with van der Waals surface area (Å²) in [5.74, 6) is 0.564. The summed E-state index contributed by atoms with van der Waals surface area (Å²) in [6.45, 7) is 9.41. The Morgan fingerprint density at radius 1 is 1.09 bits per heavy atom. The van der Waals surface area contributed by atoms with Crippen molar-refractivity contribution in [2.75, 3.05) is 12.4 Å². The van der Waals surface area contributed by atoms with Crippen LogP contribution in [0.25, 0.3) is 0 Å². The Hall–Kier alpha value is -1.87. The predicted molar refractivity (Wildman–Crippen MR) is 104 cm³/mol. The average molecular weight is 327 g/mol. The van der Waals surface area contributed by atoms with Gasteiger partial charge in [0.25, 0.3) is 0 Å². The highest BCUT2D eigenvalue weighted by atomic mass is 32.1. The Kier molecular flexibility index (Phi) is 5.78. The topological polar surface area (TPSA) is 15.3 Å².